The average molecular weight is 239 g/mol. The molecule has 0 fully saturated rings. The van der Waals surface area contributed by atoms with E-state index in [0.29, 0.717) is 11.4 Å². The fraction of sp³-hybridized carbons (Fsp3) is 0.200. The number of rotatable bonds is 4. The van der Waals surface area contributed by atoms with Crippen LogP contribution in [0, 0.1) is 0 Å². The van der Waals surface area contributed by atoms with Gasteiger partial charge in [-0.15, -0.1) is 0 Å². The lowest BCUT2D eigenvalue weighted by molar-refractivity contribution is -0.140. The first-order chi connectivity index (χ1) is 8.04. The molecule has 0 radical (unpaired) electrons. The number of carboxylic acids is 1. The summed E-state index contributed by atoms with van der Waals surface area (Å²) in [4.78, 5) is 21.9. The van der Waals surface area contributed by atoms with Crippen molar-refractivity contribution in [3.05, 3.63) is 24.3 Å². The summed E-state index contributed by atoms with van der Waals surface area (Å²) in [7, 11) is 0. The number of urea groups is 1. The van der Waals surface area contributed by atoms with Crippen molar-refractivity contribution in [3.63, 3.8) is 0 Å². The van der Waals surface area contributed by atoms with Gasteiger partial charge in [-0.2, -0.15) is 0 Å². The van der Waals surface area contributed by atoms with Gasteiger partial charge in [-0.1, -0.05) is 12.1 Å². The van der Waals surface area contributed by atoms with Crippen LogP contribution in [0.4, 0.5) is 16.2 Å². The molecule has 0 heterocycles. The largest absolute Gasteiger partial charge is 0.480 e. The fourth-order valence-corrected chi connectivity index (χ4v) is 1.11. The minimum Gasteiger partial charge on any atom is -0.480 e. The van der Waals surface area contributed by atoms with Crippen molar-refractivity contribution >= 4 is 23.4 Å². The van der Waals surface area contributed by atoms with Gasteiger partial charge in [-0.25, -0.2) is 9.59 Å². The zero-order valence-electron chi connectivity index (χ0n) is 8.88. The Balaban J connectivity index is 2.61. The van der Waals surface area contributed by atoms with Crippen LogP contribution in [0.25, 0.3) is 0 Å². The van der Waals surface area contributed by atoms with Crippen LogP contribution in [0.5, 0.6) is 0 Å². The number of anilines is 2. The van der Waals surface area contributed by atoms with Crippen LogP contribution in [0.15, 0.2) is 24.3 Å². The number of aliphatic hydroxyl groups excluding tert-OH is 1. The first-order valence-electron chi connectivity index (χ1n) is 4.80. The Labute approximate surface area is 97.2 Å². The van der Waals surface area contributed by atoms with E-state index < -0.39 is 24.6 Å². The van der Waals surface area contributed by atoms with Gasteiger partial charge in [-0.05, 0) is 12.1 Å². The third-order valence-electron chi connectivity index (χ3n) is 1.99. The molecule has 0 aliphatic heterocycles. The summed E-state index contributed by atoms with van der Waals surface area (Å²) in [6.07, 6.45) is 0. The van der Waals surface area contributed by atoms with Crippen molar-refractivity contribution < 1.29 is 19.8 Å². The van der Waals surface area contributed by atoms with Gasteiger partial charge in [0.05, 0.1) is 18.0 Å². The molecule has 1 aromatic carbocycles. The van der Waals surface area contributed by atoms with Gasteiger partial charge in [0, 0.05) is 0 Å². The number of nitrogen functional groups attached to an aromatic ring is 1. The Kier molecular flexibility index (Phi) is 4.29. The standard InChI is InChI=1S/C10H13N3O4/c11-6-3-1-2-4-7(6)12-10(17)13-8(5-14)9(15)16/h1-4,8,14H,5,11H2,(H,15,16)(H2,12,13,17)/t8-/m1/s1. The van der Waals surface area contributed by atoms with E-state index in [2.05, 4.69) is 10.6 Å². The van der Waals surface area contributed by atoms with Crippen LogP contribution < -0.4 is 16.4 Å². The van der Waals surface area contributed by atoms with Gasteiger partial charge in [0.15, 0.2) is 6.04 Å². The van der Waals surface area contributed by atoms with Gasteiger partial charge >= 0.3 is 12.0 Å². The number of para-hydroxylation sites is 2. The van der Waals surface area contributed by atoms with E-state index in [4.69, 9.17) is 15.9 Å². The van der Waals surface area contributed by atoms with E-state index >= 15 is 0 Å². The summed E-state index contributed by atoms with van der Waals surface area (Å²) < 4.78 is 0. The maximum Gasteiger partial charge on any atom is 0.328 e. The number of aliphatic hydroxyl groups is 1. The molecule has 0 unspecified atom stereocenters. The predicted molar refractivity (Wildman–Crippen MR) is 61.5 cm³/mol. The normalized spacial score (nSPS) is 11.6. The Bertz CT molecular complexity index is 422. The van der Waals surface area contributed by atoms with E-state index in [9.17, 15) is 9.59 Å². The molecule has 1 atom stereocenters. The minimum atomic E-state index is -1.35. The van der Waals surface area contributed by atoms with Gasteiger partial charge in [0.1, 0.15) is 0 Å². The SMILES string of the molecule is Nc1ccccc1NC(=O)N[C@H](CO)C(=O)O. The zero-order valence-corrected chi connectivity index (χ0v) is 8.88. The van der Waals surface area contributed by atoms with Gasteiger partial charge in [0.2, 0.25) is 0 Å². The van der Waals surface area contributed by atoms with E-state index in [1.54, 1.807) is 24.3 Å². The molecule has 0 aromatic heterocycles. The smallest absolute Gasteiger partial charge is 0.328 e. The Hall–Kier alpha value is -2.28. The molecule has 6 N–H and O–H groups in total. The Morgan fingerprint density at radius 1 is 1.35 bits per heavy atom. The van der Waals surface area contributed by atoms with Crippen molar-refractivity contribution in [1.82, 2.24) is 5.32 Å². The van der Waals surface area contributed by atoms with Crippen LogP contribution in [0.1, 0.15) is 0 Å². The van der Waals surface area contributed by atoms with Gasteiger partial charge in [0.25, 0.3) is 0 Å². The van der Waals surface area contributed by atoms with Crippen molar-refractivity contribution in [3.8, 4) is 0 Å². The molecule has 92 valence electrons. The highest BCUT2D eigenvalue weighted by molar-refractivity contribution is 5.94. The lowest BCUT2D eigenvalue weighted by Crippen LogP contribution is -2.45. The van der Waals surface area contributed by atoms with E-state index in [1.165, 1.54) is 0 Å². The molecular formula is C10H13N3O4. The van der Waals surface area contributed by atoms with Crippen LogP contribution in [-0.4, -0.2) is 34.9 Å². The predicted octanol–water partition coefficient (Wildman–Crippen LogP) is -0.164. The van der Waals surface area contributed by atoms with Gasteiger partial charge < -0.3 is 26.6 Å². The van der Waals surface area contributed by atoms with Crippen molar-refractivity contribution in [2.45, 2.75) is 6.04 Å². The molecule has 0 bridgehead atoms. The number of nitrogens with one attached hydrogen (secondary N) is 2. The molecule has 7 heteroatoms. The summed E-state index contributed by atoms with van der Waals surface area (Å²) in [5.41, 5.74) is 6.31. The van der Waals surface area contributed by atoms with E-state index in [-0.39, 0.29) is 0 Å². The van der Waals surface area contributed by atoms with Crippen LogP contribution in [0.3, 0.4) is 0 Å². The molecule has 2 amide bonds. The highest BCUT2D eigenvalue weighted by atomic mass is 16.4. The summed E-state index contributed by atoms with van der Waals surface area (Å²) >= 11 is 0. The Morgan fingerprint density at radius 2 is 2.00 bits per heavy atom. The first-order valence-corrected chi connectivity index (χ1v) is 4.80. The van der Waals surface area contributed by atoms with Crippen molar-refractivity contribution in [1.29, 1.82) is 0 Å². The second kappa shape index (κ2) is 5.71. The number of hydrogen-bond donors (Lipinski definition) is 5. The van der Waals surface area contributed by atoms with Gasteiger partial charge in [-0.3, -0.25) is 0 Å². The van der Waals surface area contributed by atoms with E-state index in [0.717, 1.165) is 0 Å². The number of carbonyl (C=O) groups excluding carboxylic acids is 1. The van der Waals surface area contributed by atoms with Crippen LogP contribution in [-0.2, 0) is 4.79 Å². The second-order valence-electron chi connectivity index (χ2n) is 3.26. The molecule has 0 spiro atoms. The summed E-state index contributed by atoms with van der Waals surface area (Å²) in [5, 5.41) is 21.8. The first kappa shape index (κ1) is 12.8. The molecule has 0 saturated heterocycles. The molecular weight excluding hydrogens is 226 g/mol. The number of hydrogen-bond acceptors (Lipinski definition) is 4. The number of amides is 2. The lowest BCUT2D eigenvalue weighted by Gasteiger charge is -2.13. The molecule has 1 aromatic rings. The zero-order chi connectivity index (χ0) is 12.8. The summed E-state index contributed by atoms with van der Waals surface area (Å²) in [5.74, 6) is -1.32. The van der Waals surface area contributed by atoms with Crippen molar-refractivity contribution in [2.24, 2.45) is 0 Å². The molecule has 0 aliphatic rings. The third-order valence-corrected chi connectivity index (χ3v) is 1.99. The molecule has 1 rings (SSSR count). The highest BCUT2D eigenvalue weighted by Crippen LogP contribution is 2.16. The van der Waals surface area contributed by atoms with Crippen molar-refractivity contribution in [2.75, 3.05) is 17.7 Å². The van der Waals surface area contributed by atoms with Crippen LogP contribution in [0.2, 0.25) is 0 Å². The monoisotopic (exact) mass is 239 g/mol. The highest BCUT2D eigenvalue weighted by Gasteiger charge is 2.18. The molecule has 0 saturated carbocycles. The lowest BCUT2D eigenvalue weighted by atomic mass is 10.3. The van der Waals surface area contributed by atoms with E-state index in [1.807, 2.05) is 0 Å². The summed E-state index contributed by atoms with van der Waals surface area (Å²) in [6, 6.07) is 4.45. The second-order valence-corrected chi connectivity index (χ2v) is 3.26. The molecule has 7 nitrogen and oxygen atoms in total. The number of carbonyl (C=O) groups is 2. The number of benzene rings is 1. The average Bonchev–Trinajstić information content (AvgIpc) is 2.28. The quantitative estimate of drug-likeness (QED) is 0.467. The van der Waals surface area contributed by atoms with Crippen LogP contribution >= 0.6 is 0 Å². The third kappa shape index (κ3) is 3.65. The topological polar surface area (TPSA) is 125 Å². The summed E-state index contributed by atoms with van der Waals surface area (Å²) in [6.45, 7) is -0.687. The maximum absolute atomic E-state index is 11.4. The fourth-order valence-electron chi connectivity index (χ4n) is 1.11. The number of aliphatic carboxylic acids is 1. The number of nitrogens with two attached hydrogens (primary N) is 1. The number of carboxylic acid groups (broad SMARTS) is 1. The Morgan fingerprint density at radius 3 is 2.53 bits per heavy atom. The molecule has 0 aliphatic carbocycles. The minimum absolute atomic E-state index is 0.360. The molecule has 17 heavy (non-hydrogen) atoms. The maximum atomic E-state index is 11.4.